The smallest absolute Gasteiger partial charge is 0.229 e. The van der Waals surface area contributed by atoms with Crippen LogP contribution in [0.2, 0.25) is 0 Å². The number of amides is 1. The molecule has 26 heavy (non-hydrogen) atoms. The average molecular weight is 375 g/mol. The zero-order valence-corrected chi connectivity index (χ0v) is 16.5. The van der Waals surface area contributed by atoms with Gasteiger partial charge in [-0.3, -0.25) is 9.52 Å². The lowest BCUT2D eigenvalue weighted by Crippen LogP contribution is -2.13. The van der Waals surface area contributed by atoms with Crippen LogP contribution in [-0.2, 0) is 26.7 Å². The van der Waals surface area contributed by atoms with E-state index in [1.165, 1.54) is 5.56 Å². The number of anilines is 2. The third-order valence-corrected chi connectivity index (χ3v) is 4.54. The van der Waals surface area contributed by atoms with Gasteiger partial charge in [0.1, 0.15) is 0 Å². The lowest BCUT2D eigenvalue weighted by atomic mass is 9.86. The number of hydrogen-bond acceptors (Lipinski definition) is 3. The van der Waals surface area contributed by atoms with Crippen LogP contribution in [0.5, 0.6) is 0 Å². The van der Waals surface area contributed by atoms with Crippen LogP contribution in [0, 0.1) is 0 Å². The summed E-state index contributed by atoms with van der Waals surface area (Å²) in [6.07, 6.45) is 2.15. The largest absolute Gasteiger partial charge is 0.326 e. The normalized spacial score (nSPS) is 11.8. The van der Waals surface area contributed by atoms with E-state index in [1.54, 1.807) is 24.3 Å². The van der Waals surface area contributed by atoms with Crippen LogP contribution < -0.4 is 10.0 Å². The molecule has 6 heteroatoms. The molecular formula is C20H26N2O3S. The highest BCUT2D eigenvalue weighted by atomic mass is 32.2. The second kappa shape index (κ2) is 7.91. The Morgan fingerprint density at radius 1 is 0.923 bits per heavy atom. The van der Waals surface area contributed by atoms with Gasteiger partial charge in [-0.1, -0.05) is 45.0 Å². The predicted octanol–water partition coefficient (Wildman–Crippen LogP) is 3.93. The van der Waals surface area contributed by atoms with E-state index >= 15 is 0 Å². The Labute approximate surface area is 155 Å². The zero-order chi connectivity index (χ0) is 19.4. The molecular weight excluding hydrogens is 348 g/mol. The molecule has 2 aromatic carbocycles. The second-order valence-corrected chi connectivity index (χ2v) is 9.20. The number of rotatable bonds is 6. The topological polar surface area (TPSA) is 75.3 Å². The first-order valence-electron chi connectivity index (χ1n) is 8.50. The SMILES string of the molecule is CC(C)(C)c1ccc(CCC(=O)Nc2ccc(NS(C)(=O)=O)cc2)cc1. The van der Waals surface area contributed by atoms with E-state index in [0.717, 1.165) is 11.8 Å². The van der Waals surface area contributed by atoms with Crippen molar-refractivity contribution < 1.29 is 13.2 Å². The maximum atomic E-state index is 12.1. The molecule has 0 heterocycles. The van der Waals surface area contributed by atoms with Crippen molar-refractivity contribution in [1.82, 2.24) is 0 Å². The minimum absolute atomic E-state index is 0.0753. The molecule has 0 aromatic heterocycles. The molecule has 0 atom stereocenters. The first-order chi connectivity index (χ1) is 12.0. The second-order valence-electron chi connectivity index (χ2n) is 7.45. The molecule has 0 aliphatic carbocycles. The van der Waals surface area contributed by atoms with Crippen molar-refractivity contribution >= 4 is 27.3 Å². The van der Waals surface area contributed by atoms with Crippen molar-refractivity contribution in [3.8, 4) is 0 Å². The van der Waals surface area contributed by atoms with Gasteiger partial charge in [-0.2, -0.15) is 0 Å². The van der Waals surface area contributed by atoms with E-state index in [1.807, 2.05) is 0 Å². The van der Waals surface area contributed by atoms with Gasteiger partial charge in [0.15, 0.2) is 0 Å². The number of aryl methyl sites for hydroxylation is 1. The fraction of sp³-hybridized carbons (Fsp3) is 0.350. The van der Waals surface area contributed by atoms with Crippen LogP contribution in [0.3, 0.4) is 0 Å². The minimum atomic E-state index is -3.30. The number of benzene rings is 2. The Balaban J connectivity index is 1.87. The molecule has 5 nitrogen and oxygen atoms in total. The molecule has 0 unspecified atom stereocenters. The van der Waals surface area contributed by atoms with Crippen molar-refractivity contribution in [2.45, 2.75) is 39.0 Å². The first kappa shape index (κ1) is 20.0. The van der Waals surface area contributed by atoms with E-state index in [0.29, 0.717) is 24.2 Å². The molecule has 0 spiro atoms. The van der Waals surface area contributed by atoms with Crippen molar-refractivity contribution in [3.63, 3.8) is 0 Å². The Morgan fingerprint density at radius 3 is 1.96 bits per heavy atom. The fourth-order valence-corrected chi connectivity index (χ4v) is 3.05. The molecule has 2 rings (SSSR count). The van der Waals surface area contributed by atoms with Crippen molar-refractivity contribution in [3.05, 3.63) is 59.7 Å². The highest BCUT2D eigenvalue weighted by Crippen LogP contribution is 2.22. The summed E-state index contributed by atoms with van der Waals surface area (Å²) in [6.45, 7) is 6.52. The van der Waals surface area contributed by atoms with Gasteiger partial charge in [-0.25, -0.2) is 8.42 Å². The average Bonchev–Trinajstić information content (AvgIpc) is 2.53. The van der Waals surface area contributed by atoms with Crippen LogP contribution in [0.25, 0.3) is 0 Å². The van der Waals surface area contributed by atoms with E-state index in [2.05, 4.69) is 55.1 Å². The summed E-state index contributed by atoms with van der Waals surface area (Å²) >= 11 is 0. The van der Waals surface area contributed by atoms with Crippen LogP contribution >= 0.6 is 0 Å². The lowest BCUT2D eigenvalue weighted by Gasteiger charge is -2.19. The van der Waals surface area contributed by atoms with E-state index in [4.69, 9.17) is 0 Å². The molecule has 140 valence electrons. The predicted molar refractivity (Wildman–Crippen MR) is 107 cm³/mol. The van der Waals surface area contributed by atoms with Crippen LogP contribution in [0.4, 0.5) is 11.4 Å². The molecule has 0 aliphatic rings. The summed E-state index contributed by atoms with van der Waals surface area (Å²) in [5, 5.41) is 2.82. The molecule has 0 saturated heterocycles. The number of hydrogen-bond donors (Lipinski definition) is 2. The highest BCUT2D eigenvalue weighted by molar-refractivity contribution is 7.92. The summed E-state index contributed by atoms with van der Waals surface area (Å²) in [7, 11) is -3.30. The standard InChI is InChI=1S/C20H26N2O3S/c1-20(2,3)16-8-5-15(6-9-16)7-14-19(23)21-17-10-12-18(13-11-17)22-26(4,24)25/h5-6,8-13,22H,7,14H2,1-4H3,(H,21,23). The van der Waals surface area contributed by atoms with Gasteiger partial charge in [-0.15, -0.1) is 0 Å². The van der Waals surface area contributed by atoms with Gasteiger partial charge in [0.2, 0.25) is 15.9 Å². The molecule has 0 fully saturated rings. The van der Waals surface area contributed by atoms with Gasteiger partial charge >= 0.3 is 0 Å². The number of sulfonamides is 1. The maximum absolute atomic E-state index is 12.1. The zero-order valence-electron chi connectivity index (χ0n) is 15.7. The van der Waals surface area contributed by atoms with Crippen molar-refractivity contribution in [2.75, 3.05) is 16.3 Å². The van der Waals surface area contributed by atoms with Crippen LogP contribution in [0.1, 0.15) is 38.3 Å². The third kappa shape index (κ3) is 6.52. The number of nitrogens with one attached hydrogen (secondary N) is 2. The third-order valence-electron chi connectivity index (χ3n) is 3.93. The molecule has 0 saturated carbocycles. The highest BCUT2D eigenvalue weighted by Gasteiger charge is 2.13. The number of carbonyl (C=O) groups excluding carboxylic acids is 1. The van der Waals surface area contributed by atoms with E-state index < -0.39 is 10.0 Å². The monoisotopic (exact) mass is 374 g/mol. The van der Waals surface area contributed by atoms with E-state index in [9.17, 15) is 13.2 Å². The molecule has 0 aliphatic heterocycles. The summed E-state index contributed by atoms with van der Waals surface area (Å²) < 4.78 is 24.7. The summed E-state index contributed by atoms with van der Waals surface area (Å²) in [5.41, 5.74) is 3.62. The molecule has 1 amide bonds. The lowest BCUT2D eigenvalue weighted by molar-refractivity contribution is -0.116. The number of carbonyl (C=O) groups is 1. The maximum Gasteiger partial charge on any atom is 0.229 e. The summed E-state index contributed by atoms with van der Waals surface area (Å²) in [4.78, 5) is 12.1. The van der Waals surface area contributed by atoms with Crippen LogP contribution in [0.15, 0.2) is 48.5 Å². The minimum Gasteiger partial charge on any atom is -0.326 e. The first-order valence-corrected chi connectivity index (χ1v) is 10.4. The van der Waals surface area contributed by atoms with Crippen molar-refractivity contribution in [1.29, 1.82) is 0 Å². The summed E-state index contributed by atoms with van der Waals surface area (Å²) in [5.74, 6) is -0.0753. The van der Waals surface area contributed by atoms with Gasteiger partial charge < -0.3 is 5.32 Å². The van der Waals surface area contributed by atoms with Crippen molar-refractivity contribution in [2.24, 2.45) is 0 Å². The quantitative estimate of drug-likeness (QED) is 0.804. The van der Waals surface area contributed by atoms with Crippen LogP contribution in [-0.4, -0.2) is 20.6 Å². The summed E-state index contributed by atoms with van der Waals surface area (Å²) in [6, 6.07) is 14.9. The Hall–Kier alpha value is -2.34. The Bertz CT molecular complexity index is 849. The van der Waals surface area contributed by atoms with Gasteiger partial charge in [0, 0.05) is 17.8 Å². The fourth-order valence-electron chi connectivity index (χ4n) is 2.49. The van der Waals surface area contributed by atoms with Gasteiger partial charge in [0.05, 0.1) is 6.26 Å². The Kier molecular flexibility index (Phi) is 6.08. The Morgan fingerprint density at radius 2 is 1.46 bits per heavy atom. The van der Waals surface area contributed by atoms with Gasteiger partial charge in [0.25, 0.3) is 0 Å². The van der Waals surface area contributed by atoms with Gasteiger partial charge in [-0.05, 0) is 47.2 Å². The molecule has 0 radical (unpaired) electrons. The molecule has 2 N–H and O–H groups in total. The molecule has 0 bridgehead atoms. The van der Waals surface area contributed by atoms with E-state index in [-0.39, 0.29) is 11.3 Å². The molecule has 2 aromatic rings.